The number of nitrogen functional groups attached to an aromatic ring is 1. The Morgan fingerprint density at radius 2 is 1.93 bits per heavy atom. The second-order valence-electron chi connectivity index (χ2n) is 5.61. The third-order valence-corrected chi connectivity index (χ3v) is 3.86. The van der Waals surface area contributed by atoms with Crippen LogP contribution in [0, 0.1) is 12.7 Å². The Morgan fingerprint density at radius 1 is 1.15 bits per heavy atom. The monoisotopic (exact) mass is 372 g/mol. The minimum absolute atomic E-state index is 0.0651. The standard InChI is InChI=1S/C18H17FN4O4/c1-9-4-11(19)14(7-15(9)27-18(24)26-3)23-17-10-5-16(25-2)12(20)6-13(10)21-8-22-17/h4-8H,20H2,1-3H3,(H,21,22,23). The second-order valence-corrected chi connectivity index (χ2v) is 5.61. The Balaban J connectivity index is 2.04. The van der Waals surface area contributed by atoms with Crippen LogP contribution >= 0.6 is 0 Å². The van der Waals surface area contributed by atoms with Gasteiger partial charge in [0, 0.05) is 11.5 Å². The van der Waals surface area contributed by atoms with Crippen molar-refractivity contribution in [2.45, 2.75) is 6.92 Å². The maximum atomic E-state index is 14.4. The number of hydrogen-bond donors (Lipinski definition) is 2. The highest BCUT2D eigenvalue weighted by Crippen LogP contribution is 2.33. The van der Waals surface area contributed by atoms with E-state index in [1.54, 1.807) is 19.1 Å². The van der Waals surface area contributed by atoms with Gasteiger partial charge < -0.3 is 25.3 Å². The molecule has 0 saturated heterocycles. The molecule has 0 unspecified atom stereocenters. The number of carbonyl (C=O) groups excluding carboxylic acids is 1. The number of anilines is 3. The molecule has 0 atom stereocenters. The highest BCUT2D eigenvalue weighted by molar-refractivity contribution is 5.94. The van der Waals surface area contributed by atoms with Crippen LogP contribution in [0.4, 0.5) is 26.4 Å². The molecular weight excluding hydrogens is 355 g/mol. The van der Waals surface area contributed by atoms with Gasteiger partial charge in [0.1, 0.15) is 29.5 Å². The number of carbonyl (C=O) groups is 1. The molecule has 9 heteroatoms. The Kier molecular flexibility index (Phi) is 4.93. The summed E-state index contributed by atoms with van der Waals surface area (Å²) in [4.78, 5) is 19.7. The van der Waals surface area contributed by atoms with Crippen LogP contribution in [0.15, 0.2) is 30.6 Å². The summed E-state index contributed by atoms with van der Waals surface area (Å²) < 4.78 is 29.1. The average Bonchev–Trinajstić information content (AvgIpc) is 2.65. The molecule has 1 aromatic heterocycles. The number of benzene rings is 2. The van der Waals surface area contributed by atoms with E-state index in [1.807, 2.05) is 0 Å². The lowest BCUT2D eigenvalue weighted by Crippen LogP contribution is -2.09. The summed E-state index contributed by atoms with van der Waals surface area (Å²) in [6, 6.07) is 5.88. The molecule has 0 aliphatic carbocycles. The van der Waals surface area contributed by atoms with E-state index >= 15 is 0 Å². The number of aromatic nitrogens is 2. The Morgan fingerprint density at radius 3 is 2.63 bits per heavy atom. The molecule has 2 aromatic carbocycles. The summed E-state index contributed by atoms with van der Waals surface area (Å²) in [5, 5.41) is 3.47. The predicted molar refractivity (Wildman–Crippen MR) is 98.0 cm³/mol. The number of rotatable bonds is 4. The summed E-state index contributed by atoms with van der Waals surface area (Å²) in [6.07, 6.45) is 0.428. The van der Waals surface area contributed by atoms with Crippen molar-refractivity contribution in [3.8, 4) is 11.5 Å². The van der Waals surface area contributed by atoms with Crippen molar-refractivity contribution in [3.63, 3.8) is 0 Å². The number of aryl methyl sites for hydroxylation is 1. The third kappa shape index (κ3) is 3.66. The van der Waals surface area contributed by atoms with E-state index in [2.05, 4.69) is 20.0 Å². The zero-order chi connectivity index (χ0) is 19.6. The van der Waals surface area contributed by atoms with E-state index in [1.165, 1.54) is 32.7 Å². The normalized spacial score (nSPS) is 10.5. The largest absolute Gasteiger partial charge is 0.513 e. The van der Waals surface area contributed by atoms with Gasteiger partial charge in [-0.15, -0.1) is 0 Å². The van der Waals surface area contributed by atoms with Crippen LogP contribution in [0.25, 0.3) is 10.9 Å². The molecule has 140 valence electrons. The third-order valence-electron chi connectivity index (χ3n) is 3.86. The summed E-state index contributed by atoms with van der Waals surface area (Å²) in [5.41, 5.74) is 7.38. The maximum absolute atomic E-state index is 14.4. The first kappa shape index (κ1) is 18.2. The quantitative estimate of drug-likeness (QED) is 0.406. The van der Waals surface area contributed by atoms with Crippen LogP contribution in [-0.2, 0) is 4.74 Å². The van der Waals surface area contributed by atoms with Crippen LogP contribution in [0.1, 0.15) is 5.56 Å². The number of nitrogens with zero attached hydrogens (tertiary/aromatic N) is 2. The van der Waals surface area contributed by atoms with Crippen molar-refractivity contribution in [1.29, 1.82) is 0 Å². The molecule has 0 spiro atoms. The molecule has 0 amide bonds. The highest BCUT2D eigenvalue weighted by atomic mass is 19.1. The highest BCUT2D eigenvalue weighted by Gasteiger charge is 2.15. The van der Waals surface area contributed by atoms with Crippen molar-refractivity contribution in [1.82, 2.24) is 9.97 Å². The molecule has 0 aliphatic heterocycles. The van der Waals surface area contributed by atoms with E-state index in [0.29, 0.717) is 33.7 Å². The molecule has 0 aliphatic rings. The Labute approximate surface area is 154 Å². The minimum Gasteiger partial charge on any atom is -0.495 e. The maximum Gasteiger partial charge on any atom is 0.513 e. The second kappa shape index (κ2) is 7.32. The molecule has 8 nitrogen and oxygen atoms in total. The van der Waals surface area contributed by atoms with Gasteiger partial charge in [-0.05, 0) is 30.7 Å². The Bertz CT molecular complexity index is 1030. The van der Waals surface area contributed by atoms with Crippen molar-refractivity contribution in [3.05, 3.63) is 42.0 Å². The first-order valence-electron chi connectivity index (χ1n) is 7.84. The Hall–Kier alpha value is -3.62. The van der Waals surface area contributed by atoms with Gasteiger partial charge in [0.25, 0.3) is 0 Å². The van der Waals surface area contributed by atoms with Crippen molar-refractivity contribution in [2.75, 3.05) is 25.3 Å². The van der Waals surface area contributed by atoms with Crippen LogP contribution in [0.2, 0.25) is 0 Å². The number of fused-ring (bicyclic) bond motifs is 1. The molecule has 1 heterocycles. The number of methoxy groups -OCH3 is 2. The zero-order valence-corrected chi connectivity index (χ0v) is 14.9. The van der Waals surface area contributed by atoms with Gasteiger partial charge in [-0.2, -0.15) is 0 Å². The van der Waals surface area contributed by atoms with Crippen LogP contribution in [0.5, 0.6) is 11.5 Å². The van der Waals surface area contributed by atoms with E-state index in [9.17, 15) is 9.18 Å². The van der Waals surface area contributed by atoms with Gasteiger partial charge >= 0.3 is 6.16 Å². The fourth-order valence-electron chi connectivity index (χ4n) is 2.49. The smallest absolute Gasteiger partial charge is 0.495 e. The fourth-order valence-corrected chi connectivity index (χ4v) is 2.49. The lowest BCUT2D eigenvalue weighted by Gasteiger charge is -2.13. The molecule has 3 N–H and O–H groups in total. The van der Waals surface area contributed by atoms with Gasteiger partial charge in [-0.1, -0.05) is 0 Å². The molecular formula is C18H17FN4O4. The fraction of sp³-hybridized carbons (Fsp3) is 0.167. The topological polar surface area (TPSA) is 109 Å². The summed E-state index contributed by atoms with van der Waals surface area (Å²) >= 11 is 0. The van der Waals surface area contributed by atoms with E-state index in [0.717, 1.165) is 0 Å². The predicted octanol–water partition coefficient (Wildman–Crippen LogP) is 3.56. The molecule has 3 rings (SSSR count). The SMILES string of the molecule is COC(=O)Oc1cc(Nc2ncnc3cc(N)c(OC)cc23)c(F)cc1C. The first-order chi connectivity index (χ1) is 12.9. The summed E-state index contributed by atoms with van der Waals surface area (Å²) in [5.74, 6) is 0.398. The van der Waals surface area contributed by atoms with Gasteiger partial charge in [0.2, 0.25) is 0 Å². The van der Waals surface area contributed by atoms with Crippen molar-refractivity contribution in [2.24, 2.45) is 0 Å². The van der Waals surface area contributed by atoms with Gasteiger partial charge in [-0.3, -0.25) is 0 Å². The van der Waals surface area contributed by atoms with Gasteiger partial charge in [0.05, 0.1) is 31.1 Å². The number of hydrogen-bond acceptors (Lipinski definition) is 8. The summed E-state index contributed by atoms with van der Waals surface area (Å²) in [6.45, 7) is 1.61. The lowest BCUT2D eigenvalue weighted by molar-refractivity contribution is 0.121. The molecule has 0 bridgehead atoms. The molecule has 0 saturated carbocycles. The number of halogens is 1. The number of nitrogens with two attached hydrogens (primary N) is 1. The van der Waals surface area contributed by atoms with Crippen LogP contribution in [0.3, 0.4) is 0 Å². The lowest BCUT2D eigenvalue weighted by atomic mass is 10.1. The zero-order valence-electron chi connectivity index (χ0n) is 14.9. The number of nitrogens with one attached hydrogen (secondary N) is 1. The molecule has 3 aromatic rings. The number of ether oxygens (including phenoxy) is 3. The van der Waals surface area contributed by atoms with E-state index in [-0.39, 0.29) is 11.4 Å². The molecule has 27 heavy (non-hydrogen) atoms. The van der Waals surface area contributed by atoms with E-state index < -0.39 is 12.0 Å². The van der Waals surface area contributed by atoms with Crippen molar-refractivity contribution >= 4 is 34.3 Å². The van der Waals surface area contributed by atoms with Gasteiger partial charge in [-0.25, -0.2) is 19.2 Å². The van der Waals surface area contributed by atoms with Gasteiger partial charge in [0.15, 0.2) is 0 Å². The van der Waals surface area contributed by atoms with Crippen LogP contribution in [-0.4, -0.2) is 30.3 Å². The molecule has 0 fully saturated rings. The molecule has 0 radical (unpaired) electrons. The van der Waals surface area contributed by atoms with Crippen LogP contribution < -0.4 is 20.5 Å². The average molecular weight is 372 g/mol. The first-order valence-corrected chi connectivity index (χ1v) is 7.84. The van der Waals surface area contributed by atoms with Crippen molar-refractivity contribution < 1.29 is 23.4 Å². The summed E-state index contributed by atoms with van der Waals surface area (Å²) in [7, 11) is 2.68. The minimum atomic E-state index is -0.900. The van der Waals surface area contributed by atoms with E-state index in [4.69, 9.17) is 15.2 Å².